The molecule has 0 aliphatic heterocycles. The number of halogens is 4. The van der Waals surface area contributed by atoms with E-state index >= 15 is 0 Å². The van der Waals surface area contributed by atoms with Crippen LogP contribution in [0.3, 0.4) is 0 Å². The molecule has 0 radical (unpaired) electrons. The van der Waals surface area contributed by atoms with Gasteiger partial charge in [0.1, 0.15) is 11.6 Å². The van der Waals surface area contributed by atoms with Crippen molar-refractivity contribution >= 4 is 22.7 Å². The molecule has 182 valence electrons. The maximum atomic E-state index is 13.5. The predicted octanol–water partition coefficient (Wildman–Crippen LogP) is 5.61. The van der Waals surface area contributed by atoms with E-state index in [-0.39, 0.29) is 18.2 Å². The Labute approximate surface area is 196 Å². The summed E-state index contributed by atoms with van der Waals surface area (Å²) in [6, 6.07) is 10.8. The van der Waals surface area contributed by atoms with Gasteiger partial charge < -0.3 is 15.5 Å². The number of rotatable bonds is 7. The molecule has 0 spiro atoms. The molecule has 0 amide bonds. The second-order valence-corrected chi connectivity index (χ2v) is 9.07. The van der Waals surface area contributed by atoms with Crippen LogP contribution in [-0.2, 0) is 12.7 Å². The summed E-state index contributed by atoms with van der Waals surface area (Å²) in [6.45, 7) is 0.584. The van der Waals surface area contributed by atoms with Gasteiger partial charge in [-0.3, -0.25) is 0 Å². The van der Waals surface area contributed by atoms with E-state index in [4.69, 9.17) is 4.98 Å². The van der Waals surface area contributed by atoms with Crippen LogP contribution in [0, 0.1) is 11.7 Å². The largest absolute Gasteiger partial charge is 0.416 e. The first-order valence-corrected chi connectivity index (χ1v) is 11.5. The summed E-state index contributed by atoms with van der Waals surface area (Å²) in [7, 11) is 3.91. The fourth-order valence-corrected chi connectivity index (χ4v) is 4.55. The summed E-state index contributed by atoms with van der Waals surface area (Å²) >= 11 is 0. The van der Waals surface area contributed by atoms with Crippen molar-refractivity contribution in [2.75, 3.05) is 30.9 Å². The van der Waals surface area contributed by atoms with Gasteiger partial charge in [0.15, 0.2) is 0 Å². The molecule has 2 N–H and O–H groups in total. The van der Waals surface area contributed by atoms with Gasteiger partial charge in [-0.2, -0.15) is 18.2 Å². The second-order valence-electron chi connectivity index (χ2n) is 9.07. The molecule has 9 heteroatoms. The van der Waals surface area contributed by atoms with E-state index in [0.29, 0.717) is 18.4 Å². The topological polar surface area (TPSA) is 53.1 Å². The summed E-state index contributed by atoms with van der Waals surface area (Å²) < 4.78 is 53.0. The number of aromatic nitrogens is 2. The van der Waals surface area contributed by atoms with Crippen LogP contribution in [0.25, 0.3) is 10.9 Å². The Kier molecular flexibility index (Phi) is 7.21. The zero-order valence-electron chi connectivity index (χ0n) is 19.3. The number of benzene rings is 2. The SMILES string of the molecule is CN(C)c1nc(NC2CCC(CNCc3cc(F)ccc3C(F)(F)F)CC2)nc2ccccc12. The molecule has 1 heterocycles. The zero-order valence-corrected chi connectivity index (χ0v) is 19.3. The van der Waals surface area contributed by atoms with E-state index in [1.54, 1.807) is 0 Å². The molecule has 34 heavy (non-hydrogen) atoms. The number of fused-ring (bicyclic) bond motifs is 1. The number of hydrogen-bond acceptors (Lipinski definition) is 5. The van der Waals surface area contributed by atoms with Gasteiger partial charge in [0, 0.05) is 32.1 Å². The summed E-state index contributed by atoms with van der Waals surface area (Å²) in [5, 5.41) is 7.56. The Morgan fingerprint density at radius 1 is 1.00 bits per heavy atom. The molecular weight excluding hydrogens is 446 g/mol. The first kappa shape index (κ1) is 24.2. The summed E-state index contributed by atoms with van der Waals surface area (Å²) in [5.41, 5.74) is 0.0342. The molecule has 0 atom stereocenters. The summed E-state index contributed by atoms with van der Waals surface area (Å²) in [4.78, 5) is 11.3. The zero-order chi connectivity index (χ0) is 24.3. The lowest BCUT2D eigenvalue weighted by atomic mass is 9.86. The van der Waals surface area contributed by atoms with Crippen molar-refractivity contribution in [1.82, 2.24) is 15.3 Å². The van der Waals surface area contributed by atoms with Crippen LogP contribution in [0.5, 0.6) is 0 Å². The molecule has 2 aromatic carbocycles. The molecule has 1 aliphatic rings. The van der Waals surface area contributed by atoms with Crippen LogP contribution in [-0.4, -0.2) is 36.6 Å². The summed E-state index contributed by atoms with van der Waals surface area (Å²) in [5.74, 6) is 1.16. The average molecular weight is 476 g/mol. The van der Waals surface area contributed by atoms with Crippen molar-refractivity contribution in [3.05, 3.63) is 59.4 Å². The first-order valence-electron chi connectivity index (χ1n) is 11.5. The number of nitrogens with one attached hydrogen (secondary N) is 2. The smallest absolute Gasteiger partial charge is 0.362 e. The monoisotopic (exact) mass is 475 g/mol. The Hall–Kier alpha value is -2.94. The van der Waals surface area contributed by atoms with Crippen LogP contribution in [0.2, 0.25) is 0 Å². The van der Waals surface area contributed by atoms with E-state index < -0.39 is 17.6 Å². The lowest BCUT2D eigenvalue weighted by Crippen LogP contribution is -2.32. The van der Waals surface area contributed by atoms with Gasteiger partial charge in [0.2, 0.25) is 5.95 Å². The molecule has 0 bridgehead atoms. The lowest BCUT2D eigenvalue weighted by Gasteiger charge is -2.29. The third-order valence-electron chi connectivity index (χ3n) is 6.31. The third kappa shape index (κ3) is 5.75. The van der Waals surface area contributed by atoms with Crippen LogP contribution in [0.4, 0.5) is 29.3 Å². The number of para-hydroxylation sites is 1. The van der Waals surface area contributed by atoms with E-state index in [1.165, 1.54) is 0 Å². The van der Waals surface area contributed by atoms with Crippen LogP contribution >= 0.6 is 0 Å². The Morgan fingerprint density at radius 2 is 1.74 bits per heavy atom. The molecule has 5 nitrogen and oxygen atoms in total. The molecule has 1 fully saturated rings. The number of anilines is 2. The van der Waals surface area contributed by atoms with Crippen molar-refractivity contribution in [3.63, 3.8) is 0 Å². The molecule has 1 aromatic heterocycles. The van der Waals surface area contributed by atoms with Gasteiger partial charge in [-0.1, -0.05) is 12.1 Å². The van der Waals surface area contributed by atoms with Crippen molar-refractivity contribution in [3.8, 4) is 0 Å². The van der Waals surface area contributed by atoms with Gasteiger partial charge in [0.05, 0.1) is 11.1 Å². The number of hydrogen-bond donors (Lipinski definition) is 2. The minimum absolute atomic E-state index is 0.0109. The predicted molar refractivity (Wildman–Crippen MR) is 126 cm³/mol. The fourth-order valence-electron chi connectivity index (χ4n) is 4.55. The molecule has 1 aliphatic carbocycles. The first-order chi connectivity index (χ1) is 16.2. The van der Waals surface area contributed by atoms with E-state index in [0.717, 1.165) is 60.6 Å². The second kappa shape index (κ2) is 10.1. The standard InChI is InChI=1S/C25H29F4N5/c1-34(2)23-20-5-3-4-6-22(20)32-24(33-23)31-19-10-7-16(8-11-19)14-30-15-17-13-18(26)9-12-21(17)25(27,28)29/h3-6,9,12-13,16,19,30H,7-8,10-11,14-15H2,1-2H3,(H,31,32,33). The highest BCUT2D eigenvalue weighted by molar-refractivity contribution is 5.90. The quantitative estimate of drug-likeness (QED) is 0.435. The van der Waals surface area contributed by atoms with Crippen LogP contribution < -0.4 is 15.5 Å². The molecule has 0 saturated heterocycles. The van der Waals surface area contributed by atoms with Crippen molar-refractivity contribution < 1.29 is 17.6 Å². The Bertz CT molecular complexity index is 1120. The van der Waals surface area contributed by atoms with Gasteiger partial charge >= 0.3 is 6.18 Å². The van der Waals surface area contributed by atoms with Gasteiger partial charge in [-0.15, -0.1) is 0 Å². The molecule has 0 unspecified atom stereocenters. The highest BCUT2D eigenvalue weighted by atomic mass is 19.4. The molecule has 4 rings (SSSR count). The number of alkyl halides is 3. The normalized spacial score (nSPS) is 18.8. The van der Waals surface area contributed by atoms with Gasteiger partial charge in [-0.05, 0) is 74.0 Å². The molecular formula is C25H29F4N5. The maximum Gasteiger partial charge on any atom is 0.416 e. The van der Waals surface area contributed by atoms with Crippen molar-refractivity contribution in [2.24, 2.45) is 5.92 Å². The summed E-state index contributed by atoms with van der Waals surface area (Å²) in [6.07, 6.45) is -0.769. The van der Waals surface area contributed by atoms with Gasteiger partial charge in [0.25, 0.3) is 0 Å². The highest BCUT2D eigenvalue weighted by Crippen LogP contribution is 2.33. The van der Waals surface area contributed by atoms with E-state index in [9.17, 15) is 17.6 Å². The molecule has 1 saturated carbocycles. The maximum absolute atomic E-state index is 13.5. The van der Waals surface area contributed by atoms with Crippen molar-refractivity contribution in [1.29, 1.82) is 0 Å². The lowest BCUT2D eigenvalue weighted by molar-refractivity contribution is -0.138. The third-order valence-corrected chi connectivity index (χ3v) is 6.31. The van der Waals surface area contributed by atoms with Crippen molar-refractivity contribution in [2.45, 2.75) is 44.4 Å². The fraction of sp³-hybridized carbons (Fsp3) is 0.440. The highest BCUT2D eigenvalue weighted by Gasteiger charge is 2.33. The Morgan fingerprint density at radius 3 is 2.44 bits per heavy atom. The minimum atomic E-state index is -4.49. The van der Waals surface area contributed by atoms with Crippen LogP contribution in [0.15, 0.2) is 42.5 Å². The van der Waals surface area contributed by atoms with Gasteiger partial charge in [-0.25, -0.2) is 9.37 Å². The average Bonchev–Trinajstić information content (AvgIpc) is 2.79. The molecule has 3 aromatic rings. The minimum Gasteiger partial charge on any atom is -0.362 e. The van der Waals surface area contributed by atoms with E-state index in [1.807, 2.05) is 43.3 Å². The van der Waals surface area contributed by atoms with Crippen LogP contribution in [0.1, 0.15) is 36.8 Å². The number of nitrogens with zero attached hydrogens (tertiary/aromatic N) is 3. The Balaban J connectivity index is 1.31. The van der Waals surface area contributed by atoms with E-state index in [2.05, 4.69) is 15.6 Å².